The van der Waals surface area contributed by atoms with Crippen LogP contribution in [0.4, 0.5) is 0 Å². The van der Waals surface area contributed by atoms with Crippen molar-refractivity contribution in [2.24, 2.45) is 4.99 Å². The quantitative estimate of drug-likeness (QED) is 0.562. The number of rotatable bonds is 4. The maximum atomic E-state index is 4.55. The second kappa shape index (κ2) is 7.45. The van der Waals surface area contributed by atoms with Crippen LogP contribution in [0, 0.1) is 13.8 Å². The van der Waals surface area contributed by atoms with Gasteiger partial charge in [-0.1, -0.05) is 42.5 Å². The molecule has 5 heteroatoms. The van der Waals surface area contributed by atoms with E-state index in [-0.39, 0.29) is 0 Å². The number of thiazole rings is 1. The highest BCUT2D eigenvalue weighted by Gasteiger charge is 2.06. The van der Waals surface area contributed by atoms with Crippen LogP contribution in [0.5, 0.6) is 0 Å². The zero-order valence-electron chi connectivity index (χ0n) is 14.3. The Morgan fingerprint density at radius 2 is 1.79 bits per heavy atom. The average molecular weight is 338 g/mol. The Labute approximate surface area is 146 Å². The highest BCUT2D eigenvalue weighted by atomic mass is 32.1. The van der Waals surface area contributed by atoms with Crippen molar-refractivity contribution in [3.8, 4) is 0 Å². The van der Waals surface area contributed by atoms with E-state index in [1.807, 2.05) is 6.92 Å². The molecular weight excluding hydrogens is 316 g/mol. The number of nitrogens with one attached hydrogen (secondary N) is 2. The van der Waals surface area contributed by atoms with E-state index in [0.29, 0.717) is 6.54 Å². The summed E-state index contributed by atoms with van der Waals surface area (Å²) in [5, 5.41) is 10.3. The molecule has 0 aliphatic carbocycles. The zero-order chi connectivity index (χ0) is 16.9. The molecule has 0 radical (unpaired) electrons. The number of aryl methyl sites for hydroxylation is 2. The molecule has 2 N–H and O–H groups in total. The van der Waals surface area contributed by atoms with Gasteiger partial charge < -0.3 is 10.6 Å². The fourth-order valence-electron chi connectivity index (χ4n) is 2.62. The van der Waals surface area contributed by atoms with Gasteiger partial charge in [0, 0.05) is 18.5 Å². The molecule has 1 aromatic heterocycles. The maximum Gasteiger partial charge on any atom is 0.191 e. The third-order valence-corrected chi connectivity index (χ3v) is 5.10. The Kier molecular flexibility index (Phi) is 5.11. The number of aromatic nitrogens is 1. The first-order valence-corrected chi connectivity index (χ1v) is 8.83. The van der Waals surface area contributed by atoms with Gasteiger partial charge in [0.25, 0.3) is 0 Å². The topological polar surface area (TPSA) is 49.3 Å². The van der Waals surface area contributed by atoms with Crippen LogP contribution in [0.2, 0.25) is 0 Å². The first-order chi connectivity index (χ1) is 11.7. The summed E-state index contributed by atoms with van der Waals surface area (Å²) in [4.78, 5) is 10.1. The van der Waals surface area contributed by atoms with E-state index in [4.69, 9.17) is 0 Å². The first-order valence-electron chi connectivity index (χ1n) is 8.01. The molecule has 0 saturated carbocycles. The first kappa shape index (κ1) is 16.5. The summed E-state index contributed by atoms with van der Waals surface area (Å²) in [5.74, 6) is 0.786. The van der Waals surface area contributed by atoms with Gasteiger partial charge in [0.1, 0.15) is 5.01 Å². The number of hydrogen-bond donors (Lipinski definition) is 2. The predicted octanol–water partition coefficient (Wildman–Crippen LogP) is 3.78. The van der Waals surface area contributed by atoms with Crippen molar-refractivity contribution in [2.75, 3.05) is 7.05 Å². The molecule has 0 spiro atoms. The molecule has 0 atom stereocenters. The maximum absolute atomic E-state index is 4.55. The third kappa shape index (κ3) is 3.74. The van der Waals surface area contributed by atoms with Gasteiger partial charge in [0.2, 0.25) is 0 Å². The van der Waals surface area contributed by atoms with Crippen molar-refractivity contribution in [3.05, 3.63) is 63.6 Å². The fourth-order valence-corrected chi connectivity index (χ4v) is 3.49. The van der Waals surface area contributed by atoms with E-state index in [1.54, 1.807) is 18.4 Å². The highest BCUT2D eigenvalue weighted by Crippen LogP contribution is 2.18. The lowest BCUT2D eigenvalue weighted by Gasteiger charge is -2.12. The van der Waals surface area contributed by atoms with E-state index >= 15 is 0 Å². The number of guanidine groups is 1. The molecule has 0 unspecified atom stereocenters. The minimum atomic E-state index is 0.689. The molecule has 2 aromatic carbocycles. The van der Waals surface area contributed by atoms with Gasteiger partial charge in [0.05, 0.1) is 12.2 Å². The molecule has 0 fully saturated rings. The Morgan fingerprint density at radius 3 is 2.54 bits per heavy atom. The lowest BCUT2D eigenvalue weighted by Crippen LogP contribution is -2.36. The molecule has 1 heterocycles. The Balaban J connectivity index is 1.63. The van der Waals surface area contributed by atoms with Gasteiger partial charge in [-0.25, -0.2) is 4.98 Å². The van der Waals surface area contributed by atoms with Crippen LogP contribution in [0.25, 0.3) is 10.8 Å². The smallest absolute Gasteiger partial charge is 0.191 e. The van der Waals surface area contributed by atoms with Gasteiger partial charge in [0.15, 0.2) is 5.96 Å². The van der Waals surface area contributed by atoms with E-state index in [0.717, 1.165) is 23.2 Å². The largest absolute Gasteiger partial charge is 0.352 e. The van der Waals surface area contributed by atoms with Crippen LogP contribution in [0.15, 0.2) is 47.5 Å². The van der Waals surface area contributed by atoms with E-state index in [9.17, 15) is 0 Å². The van der Waals surface area contributed by atoms with E-state index in [2.05, 4.69) is 70.0 Å². The molecule has 0 bridgehead atoms. The summed E-state index contributed by atoms with van der Waals surface area (Å²) in [7, 11) is 1.79. The average Bonchev–Trinajstić information content (AvgIpc) is 2.93. The van der Waals surface area contributed by atoms with Crippen LogP contribution in [-0.2, 0) is 13.1 Å². The highest BCUT2D eigenvalue weighted by molar-refractivity contribution is 7.11. The van der Waals surface area contributed by atoms with Gasteiger partial charge in [-0.3, -0.25) is 4.99 Å². The summed E-state index contributed by atoms with van der Waals surface area (Å²) in [5.41, 5.74) is 2.37. The summed E-state index contributed by atoms with van der Waals surface area (Å²) < 4.78 is 0. The Morgan fingerprint density at radius 1 is 1.04 bits per heavy atom. The number of aliphatic imine (C=N–C) groups is 1. The third-order valence-electron chi connectivity index (χ3n) is 4.03. The molecular formula is C19H22N4S. The normalized spacial score (nSPS) is 11.7. The van der Waals surface area contributed by atoms with Crippen LogP contribution in [0.1, 0.15) is 21.1 Å². The number of hydrogen-bond acceptors (Lipinski definition) is 3. The summed E-state index contributed by atoms with van der Waals surface area (Å²) >= 11 is 1.73. The minimum absolute atomic E-state index is 0.689. The number of nitrogens with zero attached hydrogens (tertiary/aromatic N) is 2. The van der Waals surface area contributed by atoms with Gasteiger partial charge in [-0.15, -0.1) is 11.3 Å². The van der Waals surface area contributed by atoms with Crippen molar-refractivity contribution in [3.63, 3.8) is 0 Å². The molecule has 0 aliphatic heterocycles. The predicted molar refractivity (Wildman–Crippen MR) is 103 cm³/mol. The fraction of sp³-hybridized carbons (Fsp3) is 0.263. The van der Waals surface area contributed by atoms with Crippen molar-refractivity contribution < 1.29 is 0 Å². The standard InChI is InChI=1S/C19H22N4S/c1-13-14(2)24-18(23-13)12-22-19(20-3)21-11-16-9-6-8-15-7-4-5-10-17(15)16/h4-10H,11-12H2,1-3H3,(H2,20,21,22). The summed E-state index contributed by atoms with van der Waals surface area (Å²) in [6.07, 6.45) is 0. The van der Waals surface area contributed by atoms with Crippen molar-refractivity contribution in [1.29, 1.82) is 0 Å². The van der Waals surface area contributed by atoms with Crippen LogP contribution < -0.4 is 10.6 Å². The lowest BCUT2D eigenvalue weighted by atomic mass is 10.0. The minimum Gasteiger partial charge on any atom is -0.352 e. The van der Waals surface area contributed by atoms with Gasteiger partial charge in [-0.05, 0) is 30.2 Å². The number of benzene rings is 2. The number of fused-ring (bicyclic) bond motifs is 1. The van der Waals surface area contributed by atoms with E-state index < -0.39 is 0 Å². The van der Waals surface area contributed by atoms with Crippen molar-refractivity contribution in [1.82, 2.24) is 15.6 Å². The SMILES string of the molecule is CN=C(NCc1nc(C)c(C)s1)NCc1cccc2ccccc12. The second-order valence-corrected chi connectivity index (χ2v) is 6.95. The molecule has 0 amide bonds. The molecule has 3 rings (SSSR count). The summed E-state index contributed by atoms with van der Waals surface area (Å²) in [6.45, 7) is 5.57. The van der Waals surface area contributed by atoms with Crippen LogP contribution in [-0.4, -0.2) is 18.0 Å². The molecule has 3 aromatic rings. The summed E-state index contributed by atoms with van der Waals surface area (Å²) in [6, 6.07) is 14.8. The molecule has 4 nitrogen and oxygen atoms in total. The lowest BCUT2D eigenvalue weighted by molar-refractivity contribution is 0.806. The van der Waals surface area contributed by atoms with Crippen LogP contribution in [0.3, 0.4) is 0 Å². The van der Waals surface area contributed by atoms with Crippen LogP contribution >= 0.6 is 11.3 Å². The second-order valence-electron chi connectivity index (χ2n) is 5.67. The Bertz CT molecular complexity index is 842. The van der Waals surface area contributed by atoms with E-state index in [1.165, 1.54) is 21.2 Å². The molecule has 0 saturated heterocycles. The Hall–Kier alpha value is -2.40. The van der Waals surface area contributed by atoms with Gasteiger partial charge >= 0.3 is 0 Å². The van der Waals surface area contributed by atoms with Crippen molar-refractivity contribution in [2.45, 2.75) is 26.9 Å². The molecule has 0 aliphatic rings. The molecule has 24 heavy (non-hydrogen) atoms. The van der Waals surface area contributed by atoms with Gasteiger partial charge in [-0.2, -0.15) is 0 Å². The monoisotopic (exact) mass is 338 g/mol. The zero-order valence-corrected chi connectivity index (χ0v) is 15.1. The molecule has 124 valence electrons. The van der Waals surface area contributed by atoms with Crippen molar-refractivity contribution >= 4 is 28.1 Å².